The number of nitrogens with one attached hydrogen (secondary N) is 1. The first-order chi connectivity index (χ1) is 13.5. The summed E-state index contributed by atoms with van der Waals surface area (Å²) >= 11 is 0. The minimum atomic E-state index is -0.461. The summed E-state index contributed by atoms with van der Waals surface area (Å²) in [6.07, 6.45) is 3.47. The van der Waals surface area contributed by atoms with Gasteiger partial charge in [-0.15, -0.1) is 0 Å². The van der Waals surface area contributed by atoms with Crippen LogP contribution in [0.2, 0.25) is 0 Å². The number of hydrogen-bond donors (Lipinski definition) is 1. The van der Waals surface area contributed by atoms with Crippen molar-refractivity contribution in [2.75, 3.05) is 27.4 Å². The number of carbonyl (C=O) groups excluding carboxylic acids is 2. The average molecular weight is 387 g/mol. The third-order valence-corrected chi connectivity index (χ3v) is 3.81. The average Bonchev–Trinajstić information content (AvgIpc) is 2.72. The van der Waals surface area contributed by atoms with Gasteiger partial charge in [0.05, 0.1) is 14.2 Å². The van der Waals surface area contributed by atoms with E-state index in [9.17, 15) is 14.0 Å². The summed E-state index contributed by atoms with van der Waals surface area (Å²) in [5.74, 6) is -0.185. The maximum absolute atomic E-state index is 12.9. The molecule has 0 aliphatic rings. The zero-order chi connectivity index (χ0) is 20.4. The van der Waals surface area contributed by atoms with Gasteiger partial charge in [-0.2, -0.15) is 0 Å². The minimum Gasteiger partial charge on any atom is -0.493 e. The molecule has 0 heterocycles. The smallest absolute Gasteiger partial charge is 0.330 e. The van der Waals surface area contributed by atoms with Crippen LogP contribution in [0.15, 0.2) is 48.5 Å². The summed E-state index contributed by atoms with van der Waals surface area (Å²) in [6.45, 7) is 0.249. The molecule has 28 heavy (non-hydrogen) atoms. The van der Waals surface area contributed by atoms with E-state index >= 15 is 0 Å². The molecule has 0 saturated carbocycles. The molecule has 0 spiro atoms. The molecule has 148 valence electrons. The third kappa shape index (κ3) is 6.75. The van der Waals surface area contributed by atoms with Crippen molar-refractivity contribution in [2.24, 2.45) is 0 Å². The number of amides is 1. The van der Waals surface area contributed by atoms with E-state index < -0.39 is 5.97 Å². The number of halogens is 1. The zero-order valence-corrected chi connectivity index (χ0v) is 15.7. The van der Waals surface area contributed by atoms with Crippen LogP contribution in [0.3, 0.4) is 0 Å². The summed E-state index contributed by atoms with van der Waals surface area (Å²) in [5.41, 5.74) is 1.65. The normalized spacial score (nSPS) is 10.5. The highest BCUT2D eigenvalue weighted by atomic mass is 19.1. The van der Waals surface area contributed by atoms with Gasteiger partial charge in [0, 0.05) is 12.6 Å². The number of hydrogen-bond acceptors (Lipinski definition) is 5. The number of benzene rings is 2. The number of carbonyl (C=O) groups is 2. The van der Waals surface area contributed by atoms with Crippen LogP contribution in [0.4, 0.5) is 4.39 Å². The highest BCUT2D eigenvalue weighted by Crippen LogP contribution is 2.28. The third-order valence-electron chi connectivity index (χ3n) is 3.81. The van der Waals surface area contributed by atoms with E-state index in [0.717, 1.165) is 11.1 Å². The fraction of sp³-hybridized carbons (Fsp3) is 0.238. The van der Waals surface area contributed by atoms with E-state index in [1.54, 1.807) is 36.4 Å². The number of esters is 1. The summed E-state index contributed by atoms with van der Waals surface area (Å²) in [4.78, 5) is 23.1. The van der Waals surface area contributed by atoms with Gasteiger partial charge in [-0.3, -0.25) is 4.79 Å². The highest BCUT2D eigenvalue weighted by molar-refractivity contribution is 5.87. The molecule has 0 saturated heterocycles. The molecule has 2 rings (SSSR count). The van der Waals surface area contributed by atoms with Gasteiger partial charge in [-0.1, -0.05) is 18.2 Å². The number of rotatable bonds is 9. The van der Waals surface area contributed by atoms with Crippen molar-refractivity contribution in [3.8, 4) is 11.5 Å². The molecule has 7 heteroatoms. The lowest BCUT2D eigenvalue weighted by molar-refractivity contribution is -0.134. The van der Waals surface area contributed by atoms with Crippen LogP contribution in [-0.2, 0) is 20.7 Å². The molecule has 2 aromatic carbocycles. The van der Waals surface area contributed by atoms with Gasteiger partial charge in [0.25, 0.3) is 5.91 Å². The van der Waals surface area contributed by atoms with Crippen molar-refractivity contribution < 1.29 is 28.2 Å². The van der Waals surface area contributed by atoms with Crippen molar-refractivity contribution in [3.05, 3.63) is 65.5 Å². The second-order valence-electron chi connectivity index (χ2n) is 5.78. The monoisotopic (exact) mass is 387 g/mol. The Labute approximate surface area is 162 Å². The predicted octanol–water partition coefficient (Wildman–Crippen LogP) is 2.76. The van der Waals surface area contributed by atoms with Crippen LogP contribution in [0.25, 0.3) is 6.08 Å². The van der Waals surface area contributed by atoms with Crippen LogP contribution in [0.1, 0.15) is 11.1 Å². The molecule has 0 fully saturated rings. The summed E-state index contributed by atoms with van der Waals surface area (Å²) in [7, 11) is 2.79. The Morgan fingerprint density at radius 1 is 1.07 bits per heavy atom. The maximum atomic E-state index is 12.9. The molecule has 0 atom stereocenters. The zero-order valence-electron chi connectivity index (χ0n) is 15.7. The van der Waals surface area contributed by atoms with Crippen molar-refractivity contribution in [2.45, 2.75) is 6.42 Å². The molecule has 2 aromatic rings. The Balaban J connectivity index is 1.83. The van der Waals surface area contributed by atoms with Gasteiger partial charge in [-0.25, -0.2) is 9.18 Å². The first-order valence-corrected chi connectivity index (χ1v) is 8.60. The standard InChI is InChI=1S/C21H22FNO5/c1-26-19-13-16(6-10-21(25)27-2)5-9-18(19)28-14-20(24)23-12-11-15-3-7-17(22)8-4-15/h3-10,13H,11-12,14H2,1-2H3,(H,23,24)/b10-6+. The lowest BCUT2D eigenvalue weighted by Crippen LogP contribution is -2.30. The molecule has 0 unspecified atom stereocenters. The van der Waals surface area contributed by atoms with Crippen LogP contribution >= 0.6 is 0 Å². The van der Waals surface area contributed by atoms with E-state index in [0.29, 0.717) is 24.5 Å². The van der Waals surface area contributed by atoms with E-state index in [2.05, 4.69) is 10.1 Å². The minimum absolute atomic E-state index is 0.170. The summed E-state index contributed by atoms with van der Waals surface area (Å²) < 4.78 is 28.2. The molecule has 0 aliphatic carbocycles. The Kier molecular flexibility index (Phi) is 8.02. The van der Waals surface area contributed by atoms with Crippen LogP contribution in [-0.4, -0.2) is 39.2 Å². The van der Waals surface area contributed by atoms with Crippen molar-refractivity contribution >= 4 is 18.0 Å². The molecule has 6 nitrogen and oxygen atoms in total. The van der Waals surface area contributed by atoms with Crippen LogP contribution in [0, 0.1) is 5.82 Å². The molecular formula is C21H22FNO5. The second kappa shape index (κ2) is 10.7. The molecule has 0 aliphatic heterocycles. The lowest BCUT2D eigenvalue weighted by atomic mass is 10.1. The molecule has 1 N–H and O–H groups in total. The van der Waals surface area contributed by atoms with E-state index in [1.807, 2.05) is 0 Å². The SMILES string of the molecule is COC(=O)/C=C/c1ccc(OCC(=O)NCCc2ccc(F)cc2)c(OC)c1. The van der Waals surface area contributed by atoms with E-state index in [-0.39, 0.29) is 18.3 Å². The van der Waals surface area contributed by atoms with E-state index in [4.69, 9.17) is 9.47 Å². The lowest BCUT2D eigenvalue weighted by Gasteiger charge is -2.11. The number of ether oxygens (including phenoxy) is 3. The Morgan fingerprint density at radius 3 is 2.50 bits per heavy atom. The largest absolute Gasteiger partial charge is 0.493 e. The van der Waals surface area contributed by atoms with Crippen molar-refractivity contribution in [3.63, 3.8) is 0 Å². The predicted molar refractivity (Wildman–Crippen MR) is 103 cm³/mol. The first kappa shape index (κ1) is 21.0. The van der Waals surface area contributed by atoms with Gasteiger partial charge >= 0.3 is 5.97 Å². The van der Waals surface area contributed by atoms with Crippen LogP contribution < -0.4 is 14.8 Å². The molecule has 1 amide bonds. The molecule has 0 radical (unpaired) electrons. The maximum Gasteiger partial charge on any atom is 0.330 e. The molecular weight excluding hydrogens is 365 g/mol. The second-order valence-corrected chi connectivity index (χ2v) is 5.78. The molecule has 0 bridgehead atoms. The Bertz CT molecular complexity index is 833. The van der Waals surface area contributed by atoms with Crippen LogP contribution in [0.5, 0.6) is 11.5 Å². The summed E-state index contributed by atoms with van der Waals surface area (Å²) in [6, 6.07) is 11.2. The topological polar surface area (TPSA) is 73.9 Å². The van der Waals surface area contributed by atoms with Crippen molar-refractivity contribution in [1.29, 1.82) is 0 Å². The van der Waals surface area contributed by atoms with Crippen molar-refractivity contribution in [1.82, 2.24) is 5.32 Å². The molecule has 0 aromatic heterocycles. The number of methoxy groups -OCH3 is 2. The van der Waals surface area contributed by atoms with Gasteiger partial charge < -0.3 is 19.5 Å². The fourth-order valence-corrected chi connectivity index (χ4v) is 2.33. The van der Waals surface area contributed by atoms with Gasteiger partial charge in [-0.05, 0) is 47.9 Å². The Hall–Kier alpha value is -3.35. The van der Waals surface area contributed by atoms with Gasteiger partial charge in [0.2, 0.25) is 0 Å². The van der Waals surface area contributed by atoms with Gasteiger partial charge in [0.1, 0.15) is 5.82 Å². The highest BCUT2D eigenvalue weighted by Gasteiger charge is 2.08. The van der Waals surface area contributed by atoms with E-state index in [1.165, 1.54) is 32.4 Å². The quantitative estimate of drug-likeness (QED) is 0.529. The first-order valence-electron chi connectivity index (χ1n) is 8.60. The Morgan fingerprint density at radius 2 is 1.82 bits per heavy atom. The summed E-state index contributed by atoms with van der Waals surface area (Å²) in [5, 5.41) is 2.74. The van der Waals surface area contributed by atoms with Gasteiger partial charge in [0.15, 0.2) is 18.1 Å². The fourth-order valence-electron chi connectivity index (χ4n) is 2.33.